The number of fused-ring (bicyclic) bond motifs is 1. The Hall–Kier alpha value is -3.59. The van der Waals surface area contributed by atoms with E-state index in [1.807, 2.05) is 61.5 Å². The van der Waals surface area contributed by atoms with Crippen LogP contribution in [0.1, 0.15) is 41.5 Å². The topological polar surface area (TPSA) is 83.0 Å². The van der Waals surface area contributed by atoms with Gasteiger partial charge in [0, 0.05) is 56.2 Å². The van der Waals surface area contributed by atoms with Crippen LogP contribution in [0, 0.1) is 19.3 Å². The normalized spacial score (nSPS) is 20.5. The van der Waals surface area contributed by atoms with Crippen molar-refractivity contribution in [3.8, 4) is 5.75 Å². The van der Waals surface area contributed by atoms with E-state index in [-0.39, 0.29) is 17.7 Å². The fourth-order valence-corrected chi connectivity index (χ4v) is 8.92. The number of hydrogen-bond acceptors (Lipinski definition) is 6. The fourth-order valence-electron chi connectivity index (χ4n) is 6.97. The number of carbonyl (C=O) groups excluding carboxylic acids is 1. The van der Waals surface area contributed by atoms with Gasteiger partial charge in [-0.05, 0) is 92.1 Å². The first-order valence-corrected chi connectivity index (χ1v) is 15.9. The van der Waals surface area contributed by atoms with Gasteiger partial charge in [-0.3, -0.25) is 14.1 Å². The van der Waals surface area contributed by atoms with Gasteiger partial charge < -0.3 is 14.5 Å². The molecule has 41 heavy (non-hydrogen) atoms. The number of methoxy groups -OCH3 is 1. The summed E-state index contributed by atoms with van der Waals surface area (Å²) in [6.45, 7) is 7.53. The Morgan fingerprint density at radius 3 is 2.44 bits per heavy atom. The van der Waals surface area contributed by atoms with Crippen LogP contribution in [-0.2, 0) is 27.7 Å². The minimum atomic E-state index is -3.79. The van der Waals surface area contributed by atoms with Gasteiger partial charge in [0.1, 0.15) is 5.75 Å². The maximum absolute atomic E-state index is 14.0. The van der Waals surface area contributed by atoms with Crippen molar-refractivity contribution < 1.29 is 17.9 Å². The summed E-state index contributed by atoms with van der Waals surface area (Å²) in [5.41, 5.74) is 5.20. The first-order valence-electron chi connectivity index (χ1n) is 14.4. The second-order valence-corrected chi connectivity index (χ2v) is 13.7. The smallest absolute Gasteiger partial charge is 0.264 e. The Balaban J connectivity index is 1.19. The van der Waals surface area contributed by atoms with Crippen LogP contribution in [0.15, 0.2) is 59.8 Å². The van der Waals surface area contributed by atoms with E-state index in [1.165, 1.54) is 5.69 Å². The Morgan fingerprint density at radius 1 is 0.976 bits per heavy atom. The SMILES string of the molecule is COc1cc(C)c(S(=O)(=O)N2CCCc3ccc(CC(=O)N4CCC5(CCN(c6ccncc6)C5)C4)cc32)c(C)c1. The molecule has 0 saturated carbocycles. The molecule has 9 heteroatoms. The predicted octanol–water partition coefficient (Wildman–Crippen LogP) is 4.52. The number of sulfonamides is 1. The van der Waals surface area contributed by atoms with Gasteiger partial charge in [-0.2, -0.15) is 0 Å². The van der Waals surface area contributed by atoms with E-state index in [4.69, 9.17) is 4.74 Å². The van der Waals surface area contributed by atoms with Crippen LogP contribution in [0.25, 0.3) is 0 Å². The third-order valence-electron chi connectivity index (χ3n) is 9.06. The molecule has 6 rings (SSSR count). The molecule has 2 aromatic carbocycles. The van der Waals surface area contributed by atoms with Gasteiger partial charge in [-0.25, -0.2) is 8.42 Å². The number of benzene rings is 2. The number of carbonyl (C=O) groups is 1. The summed E-state index contributed by atoms with van der Waals surface area (Å²) in [5.74, 6) is 0.751. The number of ether oxygens (including phenoxy) is 1. The lowest BCUT2D eigenvalue weighted by Gasteiger charge is -2.32. The summed E-state index contributed by atoms with van der Waals surface area (Å²) in [6, 6.07) is 13.5. The summed E-state index contributed by atoms with van der Waals surface area (Å²) < 4.78 is 34.9. The maximum Gasteiger partial charge on any atom is 0.264 e. The minimum absolute atomic E-state index is 0.108. The van der Waals surface area contributed by atoms with Gasteiger partial charge in [0.15, 0.2) is 0 Å². The lowest BCUT2D eigenvalue weighted by molar-refractivity contribution is -0.129. The van der Waals surface area contributed by atoms with Gasteiger partial charge >= 0.3 is 0 Å². The number of rotatable bonds is 6. The molecule has 0 radical (unpaired) electrons. The average Bonchev–Trinajstić information content (AvgIpc) is 3.59. The molecule has 1 amide bonds. The second-order valence-electron chi connectivity index (χ2n) is 11.9. The number of aryl methyl sites for hydroxylation is 3. The van der Waals surface area contributed by atoms with Gasteiger partial charge in [0.25, 0.3) is 10.0 Å². The number of pyridine rings is 1. The molecule has 1 unspecified atom stereocenters. The van der Waals surface area contributed by atoms with Crippen molar-refractivity contribution in [2.75, 3.05) is 49.0 Å². The van der Waals surface area contributed by atoms with Crippen molar-refractivity contribution in [3.63, 3.8) is 0 Å². The zero-order valence-corrected chi connectivity index (χ0v) is 24.9. The molecule has 1 atom stereocenters. The lowest BCUT2D eigenvalue weighted by Crippen LogP contribution is -2.36. The summed E-state index contributed by atoms with van der Waals surface area (Å²) in [7, 11) is -2.21. The highest BCUT2D eigenvalue weighted by Crippen LogP contribution is 2.41. The highest BCUT2D eigenvalue weighted by atomic mass is 32.2. The number of anilines is 2. The molecule has 0 bridgehead atoms. The summed E-state index contributed by atoms with van der Waals surface area (Å²) in [5, 5.41) is 0. The molecule has 216 valence electrons. The van der Waals surface area contributed by atoms with E-state index < -0.39 is 10.0 Å². The molecule has 0 aliphatic carbocycles. The summed E-state index contributed by atoms with van der Waals surface area (Å²) >= 11 is 0. The number of likely N-dealkylation sites (tertiary alicyclic amines) is 1. The van der Waals surface area contributed by atoms with Crippen LogP contribution >= 0.6 is 0 Å². The van der Waals surface area contributed by atoms with Crippen LogP contribution in [0.3, 0.4) is 0 Å². The molecule has 2 saturated heterocycles. The lowest BCUT2D eigenvalue weighted by atomic mass is 9.86. The number of aromatic nitrogens is 1. The standard InChI is InChI=1S/C32H38N4O4S/c1-23-17-28(40-3)18-24(2)31(23)41(38,39)36-14-4-5-26-7-6-25(19-29(26)36)20-30(37)35-16-11-32(22-35)10-15-34(21-32)27-8-12-33-13-9-27/h6-9,12-13,17-19H,4-5,10-11,14-16,20-22H2,1-3H3. The average molecular weight is 575 g/mol. The van der Waals surface area contributed by atoms with Gasteiger partial charge in [-0.1, -0.05) is 12.1 Å². The van der Waals surface area contributed by atoms with E-state index in [0.29, 0.717) is 34.0 Å². The summed E-state index contributed by atoms with van der Waals surface area (Å²) in [4.78, 5) is 22.4. The van der Waals surface area contributed by atoms with Crippen LogP contribution in [-0.4, -0.2) is 64.0 Å². The molecule has 3 aliphatic rings. The molecule has 3 aliphatic heterocycles. The Bertz CT molecular complexity index is 1550. The first kappa shape index (κ1) is 27.6. The van der Waals surface area contributed by atoms with Crippen LogP contribution < -0.4 is 13.9 Å². The molecule has 0 N–H and O–H groups in total. The Labute approximate surface area is 243 Å². The maximum atomic E-state index is 14.0. The minimum Gasteiger partial charge on any atom is -0.497 e. The third kappa shape index (κ3) is 5.16. The third-order valence-corrected chi connectivity index (χ3v) is 11.2. The van der Waals surface area contributed by atoms with Gasteiger partial charge in [0.2, 0.25) is 5.91 Å². The first-order chi connectivity index (χ1) is 19.7. The second kappa shape index (κ2) is 10.7. The van der Waals surface area contributed by atoms with Crippen molar-refractivity contribution in [1.29, 1.82) is 0 Å². The molecule has 3 aromatic rings. The fraction of sp³-hybridized carbons (Fsp3) is 0.438. The van der Waals surface area contributed by atoms with E-state index in [0.717, 1.165) is 63.0 Å². The largest absolute Gasteiger partial charge is 0.497 e. The van der Waals surface area contributed by atoms with Crippen LogP contribution in [0.4, 0.5) is 11.4 Å². The quantitative estimate of drug-likeness (QED) is 0.431. The van der Waals surface area contributed by atoms with Gasteiger partial charge in [-0.15, -0.1) is 0 Å². The predicted molar refractivity (Wildman–Crippen MR) is 160 cm³/mol. The zero-order valence-electron chi connectivity index (χ0n) is 24.1. The molecule has 2 fully saturated rings. The molecule has 1 aromatic heterocycles. The Morgan fingerprint density at radius 2 is 1.71 bits per heavy atom. The van der Waals surface area contributed by atoms with Crippen molar-refractivity contribution in [3.05, 3.63) is 77.1 Å². The van der Waals surface area contributed by atoms with E-state index in [2.05, 4.69) is 9.88 Å². The zero-order chi connectivity index (χ0) is 28.8. The van der Waals surface area contributed by atoms with Gasteiger partial charge in [0.05, 0.1) is 24.1 Å². The van der Waals surface area contributed by atoms with Crippen molar-refractivity contribution >= 4 is 27.3 Å². The highest BCUT2D eigenvalue weighted by molar-refractivity contribution is 7.93. The van der Waals surface area contributed by atoms with E-state index in [9.17, 15) is 13.2 Å². The van der Waals surface area contributed by atoms with Crippen molar-refractivity contribution in [2.24, 2.45) is 5.41 Å². The molecule has 8 nitrogen and oxygen atoms in total. The van der Waals surface area contributed by atoms with E-state index >= 15 is 0 Å². The molecular weight excluding hydrogens is 536 g/mol. The summed E-state index contributed by atoms with van der Waals surface area (Å²) in [6.07, 6.45) is 7.59. The number of hydrogen-bond donors (Lipinski definition) is 0. The molecule has 4 heterocycles. The molecule has 1 spiro atoms. The monoisotopic (exact) mass is 574 g/mol. The molecular formula is C32H38N4O4S. The van der Waals surface area contributed by atoms with E-state index in [1.54, 1.807) is 23.5 Å². The van der Waals surface area contributed by atoms with Crippen LogP contribution in [0.5, 0.6) is 5.75 Å². The van der Waals surface area contributed by atoms with Crippen LogP contribution in [0.2, 0.25) is 0 Å². The Kier molecular flexibility index (Phi) is 7.18. The number of amides is 1. The highest BCUT2D eigenvalue weighted by Gasteiger charge is 2.44. The van der Waals surface area contributed by atoms with Crippen molar-refractivity contribution in [2.45, 2.75) is 50.8 Å². The number of nitrogens with zero attached hydrogens (tertiary/aromatic N) is 4. The van der Waals surface area contributed by atoms with Crippen molar-refractivity contribution in [1.82, 2.24) is 9.88 Å².